The number of imidazole rings is 1. The maximum Gasteiger partial charge on any atom is 0.154 e. The summed E-state index contributed by atoms with van der Waals surface area (Å²) in [6.07, 6.45) is 2.30. The van der Waals surface area contributed by atoms with Gasteiger partial charge in [0.1, 0.15) is 5.82 Å². The van der Waals surface area contributed by atoms with Crippen molar-refractivity contribution in [3.63, 3.8) is 0 Å². The first-order valence-electron chi connectivity index (χ1n) is 6.97. The van der Waals surface area contributed by atoms with Crippen LogP contribution < -0.4 is 5.73 Å². The molecule has 1 atom stereocenters. The van der Waals surface area contributed by atoms with Crippen LogP contribution in [0.1, 0.15) is 25.6 Å². The lowest BCUT2D eigenvalue weighted by Gasteiger charge is -2.13. The summed E-state index contributed by atoms with van der Waals surface area (Å²) in [6.45, 7) is 2.54. The molecule has 1 aromatic heterocycles. The fourth-order valence-electron chi connectivity index (χ4n) is 2.94. The van der Waals surface area contributed by atoms with Gasteiger partial charge in [0.05, 0.1) is 22.0 Å². The zero-order chi connectivity index (χ0) is 14.3. The van der Waals surface area contributed by atoms with E-state index in [1.54, 1.807) is 0 Å². The van der Waals surface area contributed by atoms with Crippen LogP contribution in [-0.2, 0) is 22.8 Å². The second kappa shape index (κ2) is 4.77. The van der Waals surface area contributed by atoms with Crippen LogP contribution in [0, 0.1) is 0 Å². The molecule has 108 valence electrons. The van der Waals surface area contributed by atoms with Gasteiger partial charge in [0.2, 0.25) is 0 Å². The summed E-state index contributed by atoms with van der Waals surface area (Å²) in [5, 5.41) is -0.275. The third-order valence-corrected chi connectivity index (χ3v) is 6.27. The Bertz CT molecular complexity index is 749. The molecule has 6 heteroatoms. The highest BCUT2D eigenvalue weighted by Gasteiger charge is 2.32. The lowest BCUT2D eigenvalue weighted by atomic mass is 10.2. The third kappa shape index (κ3) is 2.18. The lowest BCUT2D eigenvalue weighted by Crippen LogP contribution is -2.23. The molecule has 1 unspecified atom stereocenters. The third-order valence-electron chi connectivity index (χ3n) is 4.02. The van der Waals surface area contributed by atoms with E-state index in [0.29, 0.717) is 18.0 Å². The van der Waals surface area contributed by atoms with Crippen LogP contribution >= 0.6 is 0 Å². The van der Waals surface area contributed by atoms with Crippen LogP contribution in [0.5, 0.6) is 0 Å². The molecular formula is C14H19N3O2S. The Labute approximate surface area is 118 Å². The van der Waals surface area contributed by atoms with Gasteiger partial charge < -0.3 is 10.3 Å². The molecule has 2 N–H and O–H groups in total. The van der Waals surface area contributed by atoms with Crippen molar-refractivity contribution in [1.29, 1.82) is 0 Å². The number of anilines is 1. The SMILES string of the molecule is CCc1nc2cc(N)ccc2n1CC1CCCS1(=O)=O. The van der Waals surface area contributed by atoms with Gasteiger partial charge in [-0.15, -0.1) is 0 Å². The van der Waals surface area contributed by atoms with Crippen LogP contribution in [0.15, 0.2) is 18.2 Å². The van der Waals surface area contributed by atoms with Crippen molar-refractivity contribution in [2.45, 2.75) is 38.0 Å². The quantitative estimate of drug-likeness (QED) is 0.875. The Kier molecular flexibility index (Phi) is 3.20. The molecule has 0 aliphatic carbocycles. The van der Waals surface area contributed by atoms with Crippen LogP contribution in [0.3, 0.4) is 0 Å². The molecule has 0 spiro atoms. The van der Waals surface area contributed by atoms with Crippen molar-refractivity contribution in [2.75, 3.05) is 11.5 Å². The van der Waals surface area contributed by atoms with E-state index in [-0.39, 0.29) is 5.25 Å². The van der Waals surface area contributed by atoms with Crippen LogP contribution in [0.25, 0.3) is 11.0 Å². The van der Waals surface area contributed by atoms with E-state index < -0.39 is 9.84 Å². The summed E-state index contributed by atoms with van der Waals surface area (Å²) >= 11 is 0. The highest BCUT2D eigenvalue weighted by molar-refractivity contribution is 7.92. The molecule has 1 aliphatic heterocycles. The van der Waals surface area contributed by atoms with E-state index in [9.17, 15) is 8.42 Å². The Balaban J connectivity index is 2.06. The minimum Gasteiger partial charge on any atom is -0.399 e. The summed E-state index contributed by atoms with van der Waals surface area (Å²) in [6, 6.07) is 5.61. The monoisotopic (exact) mass is 293 g/mol. The first kappa shape index (κ1) is 13.4. The number of hydrogen-bond acceptors (Lipinski definition) is 4. The molecule has 20 heavy (non-hydrogen) atoms. The average molecular weight is 293 g/mol. The van der Waals surface area contributed by atoms with E-state index in [1.165, 1.54) is 0 Å². The minimum atomic E-state index is -2.94. The zero-order valence-corrected chi connectivity index (χ0v) is 12.4. The average Bonchev–Trinajstić information content (AvgIpc) is 2.90. The minimum absolute atomic E-state index is 0.275. The van der Waals surface area contributed by atoms with Crippen molar-refractivity contribution in [3.8, 4) is 0 Å². The van der Waals surface area contributed by atoms with Gasteiger partial charge >= 0.3 is 0 Å². The predicted molar refractivity (Wildman–Crippen MR) is 80.3 cm³/mol. The number of nitrogens with zero attached hydrogens (tertiary/aromatic N) is 2. The van der Waals surface area contributed by atoms with Crippen LogP contribution in [0.4, 0.5) is 5.69 Å². The number of aromatic nitrogens is 2. The molecule has 2 heterocycles. The normalized spacial score (nSPS) is 21.6. The molecule has 3 rings (SSSR count). The Morgan fingerprint density at radius 2 is 2.25 bits per heavy atom. The topological polar surface area (TPSA) is 78.0 Å². The number of fused-ring (bicyclic) bond motifs is 1. The van der Waals surface area contributed by atoms with Crippen molar-refractivity contribution >= 4 is 26.6 Å². The maximum absolute atomic E-state index is 12.0. The number of rotatable bonds is 3. The van der Waals surface area contributed by atoms with Crippen molar-refractivity contribution in [3.05, 3.63) is 24.0 Å². The van der Waals surface area contributed by atoms with Crippen LogP contribution in [-0.4, -0.2) is 29.0 Å². The predicted octanol–water partition coefficient (Wildman–Crippen LogP) is 1.76. The first-order chi connectivity index (χ1) is 9.51. The number of nitrogens with two attached hydrogens (primary N) is 1. The summed E-state index contributed by atoms with van der Waals surface area (Å²) < 4.78 is 26.1. The van der Waals surface area contributed by atoms with Crippen molar-refractivity contribution in [2.24, 2.45) is 0 Å². The Hall–Kier alpha value is -1.56. The molecule has 1 fully saturated rings. The number of benzene rings is 1. The van der Waals surface area contributed by atoms with Gasteiger partial charge in [-0.25, -0.2) is 13.4 Å². The summed E-state index contributed by atoms with van der Waals surface area (Å²) in [5.74, 6) is 1.24. The van der Waals surface area contributed by atoms with Gasteiger partial charge in [-0.2, -0.15) is 0 Å². The Morgan fingerprint density at radius 1 is 1.45 bits per heavy atom. The number of hydrogen-bond donors (Lipinski definition) is 1. The van der Waals surface area contributed by atoms with Gasteiger partial charge in [-0.1, -0.05) is 6.92 Å². The second-order valence-electron chi connectivity index (χ2n) is 5.37. The van der Waals surface area contributed by atoms with Crippen molar-refractivity contribution < 1.29 is 8.42 Å². The van der Waals surface area contributed by atoms with Gasteiger partial charge in [-0.3, -0.25) is 0 Å². The van der Waals surface area contributed by atoms with Gasteiger partial charge in [0.15, 0.2) is 9.84 Å². The van der Waals surface area contributed by atoms with Crippen molar-refractivity contribution in [1.82, 2.24) is 9.55 Å². The Morgan fingerprint density at radius 3 is 2.90 bits per heavy atom. The van der Waals surface area contributed by atoms with E-state index in [2.05, 4.69) is 4.98 Å². The van der Waals surface area contributed by atoms with E-state index in [1.807, 2.05) is 29.7 Å². The first-order valence-corrected chi connectivity index (χ1v) is 8.69. The molecule has 0 bridgehead atoms. The second-order valence-corrected chi connectivity index (χ2v) is 7.77. The highest BCUT2D eigenvalue weighted by atomic mass is 32.2. The zero-order valence-electron chi connectivity index (χ0n) is 11.5. The molecule has 0 amide bonds. The summed E-state index contributed by atoms with van der Waals surface area (Å²) in [4.78, 5) is 4.57. The molecule has 0 radical (unpaired) electrons. The van der Waals surface area contributed by atoms with Crippen LogP contribution in [0.2, 0.25) is 0 Å². The van der Waals surface area contributed by atoms with E-state index in [0.717, 1.165) is 36.1 Å². The summed E-state index contributed by atoms with van der Waals surface area (Å²) in [5.41, 5.74) is 8.28. The molecule has 2 aromatic rings. The summed E-state index contributed by atoms with van der Waals surface area (Å²) in [7, 11) is -2.94. The van der Waals surface area contributed by atoms with Gasteiger partial charge in [0.25, 0.3) is 0 Å². The molecule has 1 saturated heterocycles. The van der Waals surface area contributed by atoms with Gasteiger partial charge in [0, 0.05) is 18.7 Å². The largest absolute Gasteiger partial charge is 0.399 e. The molecule has 1 aliphatic rings. The van der Waals surface area contributed by atoms with E-state index in [4.69, 9.17) is 5.73 Å². The fourth-order valence-corrected chi connectivity index (χ4v) is 4.74. The standard InChI is InChI=1S/C14H19N3O2S/c1-2-14-16-12-8-10(15)5-6-13(12)17(14)9-11-4-3-7-20(11,18)19/h5-6,8,11H,2-4,7,9,15H2,1H3. The number of nitrogen functional groups attached to an aromatic ring is 1. The highest BCUT2D eigenvalue weighted by Crippen LogP contribution is 2.25. The molecule has 5 nitrogen and oxygen atoms in total. The smallest absolute Gasteiger partial charge is 0.154 e. The molecular weight excluding hydrogens is 274 g/mol. The van der Waals surface area contributed by atoms with Gasteiger partial charge in [-0.05, 0) is 31.0 Å². The number of aryl methyl sites for hydroxylation is 1. The fraction of sp³-hybridized carbons (Fsp3) is 0.500. The maximum atomic E-state index is 12.0. The molecule has 0 saturated carbocycles. The van der Waals surface area contributed by atoms with E-state index >= 15 is 0 Å². The molecule has 1 aromatic carbocycles. The number of sulfone groups is 1. The lowest BCUT2D eigenvalue weighted by molar-refractivity contribution is 0.563.